The third kappa shape index (κ3) is 7.39. The summed E-state index contributed by atoms with van der Waals surface area (Å²) in [5, 5.41) is 2.99. The highest BCUT2D eigenvalue weighted by Gasteiger charge is 2.31. The van der Waals surface area contributed by atoms with Gasteiger partial charge in [0.15, 0.2) is 0 Å². The molecule has 1 aromatic rings. The van der Waals surface area contributed by atoms with Crippen LogP contribution in [0.4, 0.5) is 0 Å². The maximum atomic E-state index is 12.6. The predicted octanol–water partition coefficient (Wildman–Crippen LogP) is 6.61. The first-order valence-electron chi connectivity index (χ1n) is 15.0. The number of sulfone groups is 1. The average molecular weight is 549 g/mol. The summed E-state index contributed by atoms with van der Waals surface area (Å²) >= 11 is 0. The van der Waals surface area contributed by atoms with Gasteiger partial charge < -0.3 is 5.32 Å². The minimum absolute atomic E-state index is 0.115. The van der Waals surface area contributed by atoms with E-state index in [9.17, 15) is 13.2 Å². The highest BCUT2D eigenvalue weighted by atomic mass is 32.2. The average Bonchev–Trinajstić information content (AvgIpc) is 3.75. The number of carbonyl (C=O) groups is 1. The van der Waals surface area contributed by atoms with E-state index < -0.39 is 9.84 Å². The van der Waals surface area contributed by atoms with E-state index in [0.717, 1.165) is 88.6 Å². The molecule has 1 amide bonds. The van der Waals surface area contributed by atoms with Crippen molar-refractivity contribution in [1.29, 1.82) is 0 Å². The highest BCUT2D eigenvalue weighted by molar-refractivity contribution is 7.91. The Kier molecular flexibility index (Phi) is 8.90. The van der Waals surface area contributed by atoms with Crippen molar-refractivity contribution in [3.05, 3.63) is 64.8 Å². The maximum absolute atomic E-state index is 12.6. The summed E-state index contributed by atoms with van der Waals surface area (Å²) in [5.74, 6) is 2.09. The smallest absolute Gasteiger partial charge is 0.228 e. The van der Waals surface area contributed by atoms with E-state index in [1.165, 1.54) is 34.9 Å². The van der Waals surface area contributed by atoms with Gasteiger partial charge in [-0.1, -0.05) is 74.6 Å². The Balaban J connectivity index is 1.30. The van der Waals surface area contributed by atoms with Crippen molar-refractivity contribution in [2.45, 2.75) is 89.2 Å². The standard InChI is InChI=1S/C33H44N2O3S/c1-23-31-22-25(19-20-34-32(23)35-33(36)28-17-18-28)9-6-12-30(31)27-15-13-26(14-16-27)21-24-7-3-4-10-29(11-5-8-24)39(2,37)38/h6,9,12-16,24-25,28-29H,3-5,7-8,10-11,17-22H2,1-2H3,(H,34,35,36). The molecule has 2 bridgehead atoms. The van der Waals surface area contributed by atoms with E-state index in [4.69, 9.17) is 4.99 Å². The fourth-order valence-electron chi connectivity index (χ4n) is 6.49. The molecule has 210 valence electrons. The molecular formula is C33H44N2O3S. The SMILES string of the molecule is CC1=C2CC(C=CC=C2c2ccc(CC3CCCCC(S(C)(=O)=O)CCC3)cc2)CCN=C1NC(=O)C1CC1. The topological polar surface area (TPSA) is 75.6 Å². The lowest BCUT2D eigenvalue weighted by atomic mass is 9.85. The van der Waals surface area contributed by atoms with Crippen LogP contribution in [0, 0.1) is 17.8 Å². The second-order valence-electron chi connectivity index (χ2n) is 12.2. The van der Waals surface area contributed by atoms with E-state index in [2.05, 4.69) is 54.7 Å². The number of hydrogen-bond donors (Lipinski definition) is 1. The number of amides is 1. The Bertz CT molecular complexity index is 1280. The van der Waals surface area contributed by atoms with E-state index in [-0.39, 0.29) is 17.1 Å². The summed E-state index contributed by atoms with van der Waals surface area (Å²) in [7, 11) is -2.94. The molecule has 5 rings (SSSR count). The number of nitrogens with zero attached hydrogens (tertiary/aromatic N) is 1. The van der Waals surface area contributed by atoms with Crippen molar-refractivity contribution in [1.82, 2.24) is 5.32 Å². The zero-order valence-electron chi connectivity index (χ0n) is 23.6. The number of carbonyl (C=O) groups excluding carboxylic acids is 1. The molecule has 0 saturated heterocycles. The monoisotopic (exact) mass is 548 g/mol. The van der Waals surface area contributed by atoms with Crippen LogP contribution in [0.3, 0.4) is 0 Å². The molecule has 39 heavy (non-hydrogen) atoms. The molecule has 2 saturated carbocycles. The van der Waals surface area contributed by atoms with E-state index >= 15 is 0 Å². The number of fused-ring (bicyclic) bond motifs is 2. The molecule has 0 aromatic heterocycles. The largest absolute Gasteiger partial charge is 0.311 e. The first-order valence-corrected chi connectivity index (χ1v) is 17.0. The van der Waals surface area contributed by atoms with Crippen molar-refractivity contribution in [3.63, 3.8) is 0 Å². The molecule has 2 fully saturated rings. The number of hydrogen-bond acceptors (Lipinski definition) is 4. The molecule has 6 heteroatoms. The summed E-state index contributed by atoms with van der Waals surface area (Å²) in [4.78, 5) is 17.4. The quantitative estimate of drug-likeness (QED) is 0.450. The van der Waals surface area contributed by atoms with Gasteiger partial charge in [0.25, 0.3) is 0 Å². The molecule has 0 spiro atoms. The second kappa shape index (κ2) is 12.4. The molecule has 3 aliphatic carbocycles. The van der Waals surface area contributed by atoms with Crippen molar-refractivity contribution in [2.75, 3.05) is 12.8 Å². The molecule has 1 N–H and O–H groups in total. The van der Waals surface area contributed by atoms with E-state index in [0.29, 0.717) is 11.8 Å². The van der Waals surface area contributed by atoms with E-state index in [1.807, 2.05) is 0 Å². The van der Waals surface area contributed by atoms with Crippen LogP contribution in [-0.4, -0.2) is 38.2 Å². The number of aliphatic imine (C=N–C) groups is 1. The van der Waals surface area contributed by atoms with Crippen LogP contribution in [-0.2, 0) is 21.1 Å². The van der Waals surface area contributed by atoms with Gasteiger partial charge in [-0.25, -0.2) is 8.42 Å². The molecule has 1 aromatic carbocycles. The molecule has 3 unspecified atom stereocenters. The van der Waals surface area contributed by atoms with Crippen molar-refractivity contribution >= 4 is 27.2 Å². The van der Waals surface area contributed by atoms with Gasteiger partial charge in [0.2, 0.25) is 5.91 Å². The van der Waals surface area contributed by atoms with Crippen LogP contribution in [0.1, 0.15) is 88.7 Å². The van der Waals surface area contributed by atoms with Gasteiger partial charge >= 0.3 is 0 Å². The molecule has 4 aliphatic rings. The normalized spacial score (nSPS) is 26.7. The third-order valence-electron chi connectivity index (χ3n) is 9.13. The summed E-state index contributed by atoms with van der Waals surface area (Å²) in [6, 6.07) is 9.05. The van der Waals surface area contributed by atoms with Crippen molar-refractivity contribution in [3.8, 4) is 0 Å². The minimum Gasteiger partial charge on any atom is -0.311 e. The Morgan fingerprint density at radius 3 is 2.44 bits per heavy atom. The van der Waals surface area contributed by atoms with Gasteiger partial charge in [-0.2, -0.15) is 0 Å². The van der Waals surface area contributed by atoms with E-state index in [1.54, 1.807) is 0 Å². The van der Waals surface area contributed by atoms with Crippen LogP contribution in [0.15, 0.2) is 58.6 Å². The number of nitrogens with one attached hydrogen (secondary N) is 1. The fraction of sp³-hybridized carbons (Fsp3) is 0.576. The maximum Gasteiger partial charge on any atom is 0.228 e. The summed E-state index contributed by atoms with van der Waals surface area (Å²) in [6.07, 6.45) is 20.1. The first-order chi connectivity index (χ1) is 18.8. The lowest BCUT2D eigenvalue weighted by Gasteiger charge is -2.23. The van der Waals surface area contributed by atoms with Crippen molar-refractivity contribution < 1.29 is 13.2 Å². The zero-order valence-corrected chi connectivity index (χ0v) is 24.4. The second-order valence-corrected chi connectivity index (χ2v) is 14.6. The van der Waals surface area contributed by atoms with Crippen LogP contribution in [0.5, 0.6) is 0 Å². The van der Waals surface area contributed by atoms with Gasteiger partial charge in [0.05, 0.1) is 5.25 Å². The Hall–Kier alpha value is -2.47. The molecule has 1 heterocycles. The lowest BCUT2D eigenvalue weighted by Crippen LogP contribution is -2.34. The Morgan fingerprint density at radius 2 is 1.69 bits per heavy atom. The summed E-state index contributed by atoms with van der Waals surface area (Å²) in [6.45, 7) is 2.85. The number of allylic oxidation sites excluding steroid dienone is 5. The minimum atomic E-state index is -2.94. The molecule has 5 nitrogen and oxygen atoms in total. The lowest BCUT2D eigenvalue weighted by molar-refractivity contribution is -0.120. The molecular weight excluding hydrogens is 504 g/mol. The summed E-state index contributed by atoms with van der Waals surface area (Å²) < 4.78 is 24.2. The number of benzene rings is 1. The van der Waals surface area contributed by atoms with Gasteiger partial charge in [0.1, 0.15) is 15.7 Å². The highest BCUT2D eigenvalue weighted by Crippen LogP contribution is 2.37. The van der Waals surface area contributed by atoms with Gasteiger partial charge in [0, 0.05) is 18.7 Å². The molecule has 3 atom stereocenters. The van der Waals surface area contributed by atoms with Gasteiger partial charge in [-0.3, -0.25) is 9.79 Å². The Morgan fingerprint density at radius 1 is 0.974 bits per heavy atom. The fourth-order valence-corrected chi connectivity index (χ4v) is 7.68. The predicted molar refractivity (Wildman–Crippen MR) is 160 cm³/mol. The van der Waals surface area contributed by atoms with Crippen LogP contribution in [0.2, 0.25) is 0 Å². The third-order valence-corrected chi connectivity index (χ3v) is 10.8. The Labute approximate surface area is 234 Å². The van der Waals surface area contributed by atoms with Crippen LogP contribution >= 0.6 is 0 Å². The molecule has 0 radical (unpaired) electrons. The van der Waals surface area contributed by atoms with Gasteiger partial charge in [-0.05, 0) is 91.6 Å². The summed E-state index contributed by atoms with van der Waals surface area (Å²) in [5.41, 5.74) is 6.15. The zero-order chi connectivity index (χ0) is 27.4. The number of rotatable bonds is 5. The van der Waals surface area contributed by atoms with Crippen molar-refractivity contribution in [2.24, 2.45) is 22.7 Å². The molecule has 1 aliphatic heterocycles. The first kappa shape index (κ1) is 28.1. The van der Waals surface area contributed by atoms with Gasteiger partial charge in [-0.15, -0.1) is 0 Å². The van der Waals surface area contributed by atoms with Crippen LogP contribution in [0.25, 0.3) is 5.57 Å². The number of amidine groups is 1. The van der Waals surface area contributed by atoms with Crippen LogP contribution < -0.4 is 5.32 Å².